The van der Waals surface area contributed by atoms with E-state index in [0.29, 0.717) is 0 Å². The number of benzene rings is 1. The minimum atomic E-state index is 0.160. The van der Waals surface area contributed by atoms with Gasteiger partial charge in [0.1, 0.15) is 0 Å². The molecule has 3 rings (SSSR count). The first kappa shape index (κ1) is 9.72. The molecule has 0 N–H and O–H groups in total. The van der Waals surface area contributed by atoms with E-state index >= 15 is 0 Å². The number of fused-ring (bicyclic) bond motifs is 1. The van der Waals surface area contributed by atoms with Gasteiger partial charge in [0.15, 0.2) is 0 Å². The van der Waals surface area contributed by atoms with Gasteiger partial charge in [-0.05, 0) is 0 Å². The van der Waals surface area contributed by atoms with Crippen LogP contribution in [0.1, 0.15) is 24.0 Å². The molecule has 1 nitrogen and oxygen atoms in total. The van der Waals surface area contributed by atoms with E-state index in [1.807, 2.05) is 0 Å². The average molecular weight is 191 g/mol. The van der Waals surface area contributed by atoms with Gasteiger partial charge in [0.25, 0.3) is 0 Å². The zero-order valence-corrected chi connectivity index (χ0v) is 9.24. The van der Waals surface area contributed by atoms with Gasteiger partial charge in [-0.15, -0.1) is 0 Å². The van der Waals surface area contributed by atoms with Crippen molar-refractivity contribution in [2.45, 2.75) is 17.1 Å². The van der Waals surface area contributed by atoms with Gasteiger partial charge in [-0.3, -0.25) is 0 Å². The number of hydrogen-bond acceptors (Lipinski definition) is 1. The van der Waals surface area contributed by atoms with E-state index in [4.69, 9.17) is 0 Å². The Bertz CT molecular complexity index is 407. The van der Waals surface area contributed by atoms with E-state index in [0.717, 1.165) is 0 Å². The van der Waals surface area contributed by atoms with Gasteiger partial charge >= 0.3 is 100 Å². The molecule has 1 aromatic carbocycles. The van der Waals surface area contributed by atoms with E-state index < -0.39 is 0 Å². The molecule has 1 atom stereocenters. The molecule has 72 valence electrons. The topological polar surface area (TPSA) is 3.24 Å². The summed E-state index contributed by atoms with van der Waals surface area (Å²) in [6.07, 6.45) is 7.34. The SMILES string of the molecule is [Li][C]1(N2CCCC2)C=Cc2ccccc21. The van der Waals surface area contributed by atoms with Crippen LogP contribution in [0.4, 0.5) is 0 Å². The quantitative estimate of drug-likeness (QED) is 0.615. The molecule has 1 aliphatic heterocycles. The first-order chi connectivity index (χ1) is 7.31. The van der Waals surface area contributed by atoms with E-state index in [9.17, 15) is 0 Å². The number of likely N-dealkylation sites (tertiary alicyclic amines) is 1. The van der Waals surface area contributed by atoms with E-state index in [-0.39, 0.29) is 4.21 Å². The van der Waals surface area contributed by atoms with Crippen LogP contribution in [0.15, 0.2) is 30.3 Å². The first-order valence-electron chi connectivity index (χ1n) is 5.84. The van der Waals surface area contributed by atoms with Crippen LogP contribution in [0.25, 0.3) is 6.08 Å². The summed E-state index contributed by atoms with van der Waals surface area (Å²) in [7, 11) is 0. The third kappa shape index (κ3) is 1.42. The van der Waals surface area contributed by atoms with Crippen LogP contribution >= 0.6 is 0 Å². The summed E-state index contributed by atoms with van der Waals surface area (Å²) < 4.78 is 0.160. The molecule has 2 aliphatic rings. The predicted molar refractivity (Wildman–Crippen MR) is 63.7 cm³/mol. The molecular formula is C13H14LiN. The second-order valence-corrected chi connectivity index (χ2v) is 4.76. The Labute approximate surface area is 100 Å². The number of rotatable bonds is 1. The van der Waals surface area contributed by atoms with Crippen LogP contribution in [-0.4, -0.2) is 35.7 Å². The van der Waals surface area contributed by atoms with Crippen molar-refractivity contribution < 1.29 is 0 Å². The molecule has 2 heteroatoms. The fourth-order valence-electron chi connectivity index (χ4n) is 2.90. The van der Waals surface area contributed by atoms with Crippen molar-refractivity contribution in [1.82, 2.24) is 4.90 Å². The molecule has 0 spiro atoms. The predicted octanol–water partition coefficient (Wildman–Crippen LogP) is 2.13. The van der Waals surface area contributed by atoms with Crippen LogP contribution in [0.5, 0.6) is 0 Å². The second kappa shape index (κ2) is 3.52. The number of hydrogen-bond donors (Lipinski definition) is 0. The molecular weight excluding hydrogens is 177 g/mol. The minimum absolute atomic E-state index is 0.160. The molecule has 0 aromatic heterocycles. The van der Waals surface area contributed by atoms with Crippen molar-refractivity contribution in [1.29, 1.82) is 0 Å². The van der Waals surface area contributed by atoms with Gasteiger partial charge in [-0.1, -0.05) is 0 Å². The Balaban J connectivity index is 2.04. The standard InChI is InChI=1S/C13H14N.Li/c1-2-6-12-11(5-1)7-8-13(12)14-9-3-4-10-14;/h1-2,5-8H,3-4,9-10H2;. The summed E-state index contributed by atoms with van der Waals surface area (Å²) in [5.41, 5.74) is 2.87. The van der Waals surface area contributed by atoms with Gasteiger partial charge in [0.2, 0.25) is 0 Å². The van der Waals surface area contributed by atoms with E-state index in [2.05, 4.69) is 59.0 Å². The first-order valence-corrected chi connectivity index (χ1v) is 5.84. The molecule has 1 unspecified atom stereocenters. The Hall–Kier alpha value is -0.483. The molecule has 0 amide bonds. The van der Waals surface area contributed by atoms with Crippen LogP contribution in [0.3, 0.4) is 0 Å². The Morgan fingerprint density at radius 3 is 2.67 bits per heavy atom. The normalized spacial score (nSPS) is 29.7. The molecule has 15 heavy (non-hydrogen) atoms. The van der Waals surface area contributed by atoms with Crippen LogP contribution in [-0.2, 0) is 4.21 Å². The Morgan fingerprint density at radius 1 is 1.13 bits per heavy atom. The van der Waals surface area contributed by atoms with Crippen molar-refractivity contribution in [3.8, 4) is 0 Å². The van der Waals surface area contributed by atoms with Crippen molar-refractivity contribution in [2.75, 3.05) is 13.1 Å². The maximum absolute atomic E-state index is 2.61. The average Bonchev–Trinajstić information content (AvgIpc) is 2.88. The molecule has 1 aromatic rings. The van der Waals surface area contributed by atoms with Gasteiger partial charge in [0, 0.05) is 0 Å². The third-order valence-corrected chi connectivity index (χ3v) is 3.86. The third-order valence-electron chi connectivity index (χ3n) is 3.86. The molecule has 0 bridgehead atoms. The van der Waals surface area contributed by atoms with Gasteiger partial charge < -0.3 is 0 Å². The summed E-state index contributed by atoms with van der Waals surface area (Å²) in [6, 6.07) is 8.76. The fourth-order valence-corrected chi connectivity index (χ4v) is 2.90. The summed E-state index contributed by atoms with van der Waals surface area (Å²) in [5, 5.41) is 0. The van der Waals surface area contributed by atoms with Crippen molar-refractivity contribution in [3.05, 3.63) is 41.5 Å². The molecule has 1 heterocycles. The molecule has 0 saturated carbocycles. The van der Waals surface area contributed by atoms with Gasteiger partial charge in [0.05, 0.1) is 0 Å². The van der Waals surface area contributed by atoms with Gasteiger partial charge in [-0.25, -0.2) is 0 Å². The van der Waals surface area contributed by atoms with E-state index in [1.54, 1.807) is 0 Å². The monoisotopic (exact) mass is 191 g/mol. The molecule has 1 fully saturated rings. The van der Waals surface area contributed by atoms with Crippen LogP contribution in [0.2, 0.25) is 0 Å². The Morgan fingerprint density at radius 2 is 1.87 bits per heavy atom. The molecule has 1 saturated heterocycles. The molecule has 1 aliphatic carbocycles. The van der Waals surface area contributed by atoms with Gasteiger partial charge in [-0.2, -0.15) is 0 Å². The zero-order chi connectivity index (χ0) is 10.3. The van der Waals surface area contributed by atoms with Crippen LogP contribution in [0, 0.1) is 0 Å². The molecule has 0 radical (unpaired) electrons. The Kier molecular flexibility index (Phi) is 2.28. The fraction of sp³-hybridized carbons (Fsp3) is 0.385. The van der Waals surface area contributed by atoms with E-state index in [1.165, 1.54) is 37.1 Å². The zero-order valence-electron chi connectivity index (χ0n) is 9.24. The maximum atomic E-state index is 2.61. The van der Waals surface area contributed by atoms with Crippen molar-refractivity contribution in [3.63, 3.8) is 0 Å². The summed E-state index contributed by atoms with van der Waals surface area (Å²) >= 11 is 2.35. The van der Waals surface area contributed by atoms with Crippen molar-refractivity contribution in [2.24, 2.45) is 0 Å². The number of nitrogens with zero attached hydrogens (tertiary/aromatic N) is 1. The summed E-state index contributed by atoms with van der Waals surface area (Å²) in [4.78, 5) is 2.61. The summed E-state index contributed by atoms with van der Waals surface area (Å²) in [6.45, 7) is 2.49. The van der Waals surface area contributed by atoms with Crippen LogP contribution < -0.4 is 0 Å². The second-order valence-electron chi connectivity index (χ2n) is 4.76. The van der Waals surface area contributed by atoms with Crippen molar-refractivity contribution >= 4 is 23.8 Å². The summed E-state index contributed by atoms with van der Waals surface area (Å²) in [5.74, 6) is 0.